The summed E-state index contributed by atoms with van der Waals surface area (Å²) in [5.74, 6) is 0.763. The molecule has 0 fully saturated rings. The van der Waals surface area contributed by atoms with Gasteiger partial charge in [-0.15, -0.1) is 6.58 Å². The molecule has 5 nitrogen and oxygen atoms in total. The quantitative estimate of drug-likeness (QED) is 0.264. The van der Waals surface area contributed by atoms with E-state index in [0.29, 0.717) is 18.8 Å². The van der Waals surface area contributed by atoms with Crippen LogP contribution in [0.5, 0.6) is 5.75 Å². The van der Waals surface area contributed by atoms with Crippen LogP contribution in [0.4, 0.5) is 5.69 Å². The average molecular weight is 484 g/mol. The van der Waals surface area contributed by atoms with Crippen LogP contribution < -0.4 is 15.3 Å². The number of nitrogens with zero attached hydrogens (tertiary/aromatic N) is 3. The summed E-state index contributed by atoms with van der Waals surface area (Å²) in [4.78, 5) is 19.2. The fraction of sp³-hybridized carbons (Fsp3) is 0.360. The van der Waals surface area contributed by atoms with Crippen LogP contribution in [0.3, 0.4) is 0 Å². The molecule has 0 bridgehead atoms. The van der Waals surface area contributed by atoms with Crippen molar-refractivity contribution in [3.05, 3.63) is 64.0 Å². The first-order valence-corrected chi connectivity index (χ1v) is 11.5. The lowest BCUT2D eigenvalue weighted by molar-refractivity contribution is 0.309. The first kappa shape index (κ1) is 23.1. The Kier molecular flexibility index (Phi) is 7.91. The lowest BCUT2D eigenvalue weighted by Gasteiger charge is -2.24. The topological polar surface area (TPSA) is 47.4 Å². The normalized spacial score (nSPS) is 11.0. The largest absolute Gasteiger partial charge is 0.491 e. The molecule has 6 heteroatoms. The molecule has 0 aliphatic carbocycles. The molecule has 0 N–H and O–H groups in total. The second-order valence-electron chi connectivity index (χ2n) is 7.70. The summed E-state index contributed by atoms with van der Waals surface area (Å²) in [6.45, 7) is 7.37. The number of ether oxygens (including phenoxy) is 1. The van der Waals surface area contributed by atoms with Gasteiger partial charge in [0.2, 0.25) is 0 Å². The smallest absolute Gasteiger partial charge is 0.348 e. The van der Waals surface area contributed by atoms with Crippen molar-refractivity contribution < 1.29 is 4.74 Å². The van der Waals surface area contributed by atoms with E-state index in [4.69, 9.17) is 4.74 Å². The van der Waals surface area contributed by atoms with Gasteiger partial charge in [-0.05, 0) is 30.7 Å². The van der Waals surface area contributed by atoms with Gasteiger partial charge in [-0.1, -0.05) is 60.3 Å². The van der Waals surface area contributed by atoms with E-state index in [0.717, 1.165) is 45.2 Å². The predicted molar refractivity (Wildman–Crippen MR) is 133 cm³/mol. The molecule has 1 heterocycles. The van der Waals surface area contributed by atoms with Gasteiger partial charge in [0.05, 0.1) is 28.9 Å². The molecule has 0 unspecified atom stereocenters. The highest BCUT2D eigenvalue weighted by molar-refractivity contribution is 9.10. The molecule has 0 aliphatic heterocycles. The monoisotopic (exact) mass is 483 g/mol. The molecule has 2 aromatic carbocycles. The number of hydrogen-bond donors (Lipinski definition) is 0. The van der Waals surface area contributed by atoms with Gasteiger partial charge >= 0.3 is 5.69 Å². The molecule has 0 saturated carbocycles. The zero-order chi connectivity index (χ0) is 22.4. The van der Waals surface area contributed by atoms with Crippen molar-refractivity contribution in [3.8, 4) is 17.0 Å². The van der Waals surface area contributed by atoms with E-state index in [1.165, 1.54) is 12.8 Å². The molecule has 3 aromatic rings. The number of hydrogen-bond acceptors (Lipinski definition) is 4. The summed E-state index contributed by atoms with van der Waals surface area (Å²) in [5.41, 5.74) is 3.00. The number of aromatic nitrogens is 2. The summed E-state index contributed by atoms with van der Waals surface area (Å²) >= 11 is 3.48. The Labute approximate surface area is 192 Å². The zero-order valence-electron chi connectivity index (χ0n) is 18.5. The number of anilines is 1. The van der Waals surface area contributed by atoms with Crippen LogP contribution >= 0.6 is 15.9 Å². The Morgan fingerprint density at radius 1 is 1.16 bits per heavy atom. The Bertz CT molecular complexity index is 1110. The van der Waals surface area contributed by atoms with Gasteiger partial charge in [0.1, 0.15) is 0 Å². The van der Waals surface area contributed by atoms with E-state index >= 15 is 0 Å². The maximum Gasteiger partial charge on any atom is 0.348 e. The Morgan fingerprint density at radius 3 is 2.58 bits per heavy atom. The van der Waals surface area contributed by atoms with Crippen LogP contribution in [-0.4, -0.2) is 29.8 Å². The molecule has 0 radical (unpaired) electrons. The van der Waals surface area contributed by atoms with E-state index < -0.39 is 0 Å². The molecule has 31 heavy (non-hydrogen) atoms. The molecule has 164 valence electrons. The van der Waals surface area contributed by atoms with Crippen LogP contribution in [0.1, 0.15) is 32.6 Å². The summed E-state index contributed by atoms with van der Waals surface area (Å²) < 4.78 is 8.96. The number of benzene rings is 2. The summed E-state index contributed by atoms with van der Waals surface area (Å²) in [5, 5.41) is 0.855. The third-order valence-electron chi connectivity index (χ3n) is 5.38. The lowest BCUT2D eigenvalue weighted by atomic mass is 10.0. The summed E-state index contributed by atoms with van der Waals surface area (Å²) in [7, 11) is 3.77. The standard InChI is InChI=1S/C25H30BrN3O2/c1-5-7-8-9-17-31-24-21(28(3)16-6-2)15-14-20-22(24)23(27-25(30)29(20)4)18-10-12-19(26)13-11-18/h6,10-15H,2,5,7-9,16-17H2,1,3-4H3. The Hall–Kier alpha value is -2.60. The molecule has 0 spiro atoms. The Balaban J connectivity index is 2.23. The highest BCUT2D eigenvalue weighted by Crippen LogP contribution is 2.40. The number of fused-ring (bicyclic) bond motifs is 1. The minimum Gasteiger partial charge on any atom is -0.491 e. The van der Waals surface area contributed by atoms with Crippen molar-refractivity contribution >= 4 is 32.5 Å². The predicted octanol–water partition coefficient (Wildman–Crippen LogP) is 5.94. The fourth-order valence-electron chi connectivity index (χ4n) is 3.66. The van der Waals surface area contributed by atoms with Gasteiger partial charge in [-0.2, -0.15) is 4.98 Å². The van der Waals surface area contributed by atoms with Crippen LogP contribution in [0.2, 0.25) is 0 Å². The number of unbranched alkanes of at least 4 members (excludes halogenated alkanes) is 3. The van der Waals surface area contributed by atoms with Crippen LogP contribution in [-0.2, 0) is 7.05 Å². The van der Waals surface area contributed by atoms with Gasteiger partial charge in [0.15, 0.2) is 5.75 Å². The van der Waals surface area contributed by atoms with Crippen LogP contribution in [0, 0.1) is 0 Å². The van der Waals surface area contributed by atoms with Gasteiger partial charge < -0.3 is 9.64 Å². The Morgan fingerprint density at radius 2 is 1.90 bits per heavy atom. The first-order chi connectivity index (χ1) is 15.0. The van der Waals surface area contributed by atoms with Gasteiger partial charge in [0.25, 0.3) is 0 Å². The fourth-order valence-corrected chi connectivity index (χ4v) is 3.92. The second kappa shape index (κ2) is 10.6. The lowest BCUT2D eigenvalue weighted by Crippen LogP contribution is -2.23. The van der Waals surface area contributed by atoms with Crippen molar-refractivity contribution in [2.24, 2.45) is 7.05 Å². The zero-order valence-corrected chi connectivity index (χ0v) is 20.1. The number of halogens is 1. The van der Waals surface area contributed by atoms with Crippen molar-refractivity contribution in [2.75, 3.05) is 25.1 Å². The van der Waals surface area contributed by atoms with E-state index in [9.17, 15) is 4.79 Å². The first-order valence-electron chi connectivity index (χ1n) is 10.7. The maximum absolute atomic E-state index is 12.6. The summed E-state index contributed by atoms with van der Waals surface area (Å²) in [6, 6.07) is 11.8. The van der Waals surface area contributed by atoms with Gasteiger partial charge in [0, 0.05) is 30.7 Å². The highest BCUT2D eigenvalue weighted by atomic mass is 79.9. The maximum atomic E-state index is 12.6. The van der Waals surface area contributed by atoms with Crippen molar-refractivity contribution in [1.29, 1.82) is 0 Å². The van der Waals surface area contributed by atoms with E-state index in [2.05, 4.69) is 39.3 Å². The van der Waals surface area contributed by atoms with Crippen molar-refractivity contribution in [1.82, 2.24) is 9.55 Å². The third kappa shape index (κ3) is 5.18. The number of rotatable bonds is 10. The van der Waals surface area contributed by atoms with Crippen molar-refractivity contribution in [2.45, 2.75) is 32.6 Å². The van der Waals surface area contributed by atoms with E-state index in [1.54, 1.807) is 11.6 Å². The SMILES string of the molecule is C=CCN(C)c1ccc2c(c(-c3ccc(Br)cc3)nc(=O)n2C)c1OCCCCCC. The van der Waals surface area contributed by atoms with Crippen molar-refractivity contribution in [3.63, 3.8) is 0 Å². The number of likely N-dealkylation sites (N-methyl/N-ethyl adjacent to an activating group) is 1. The number of aryl methyl sites for hydroxylation is 1. The van der Waals surface area contributed by atoms with Gasteiger partial charge in [-0.3, -0.25) is 4.57 Å². The van der Waals surface area contributed by atoms with Crippen LogP contribution in [0.25, 0.3) is 22.2 Å². The molecule has 0 saturated heterocycles. The minimum atomic E-state index is -0.286. The average Bonchev–Trinajstić information content (AvgIpc) is 2.76. The molecule has 0 aliphatic rings. The van der Waals surface area contributed by atoms with E-state index in [1.807, 2.05) is 49.5 Å². The third-order valence-corrected chi connectivity index (χ3v) is 5.91. The molecule has 1 aromatic heterocycles. The molecule has 0 amide bonds. The van der Waals surface area contributed by atoms with Gasteiger partial charge in [-0.25, -0.2) is 4.79 Å². The molecular weight excluding hydrogens is 454 g/mol. The second-order valence-corrected chi connectivity index (χ2v) is 8.61. The van der Waals surface area contributed by atoms with E-state index in [-0.39, 0.29) is 5.69 Å². The minimum absolute atomic E-state index is 0.286. The molecule has 3 rings (SSSR count). The highest BCUT2D eigenvalue weighted by Gasteiger charge is 2.20. The molecular formula is C25H30BrN3O2. The van der Waals surface area contributed by atoms with Crippen LogP contribution in [0.15, 0.2) is 58.3 Å². The summed E-state index contributed by atoms with van der Waals surface area (Å²) in [6.07, 6.45) is 6.37. The molecule has 0 atom stereocenters.